The highest BCUT2D eigenvalue weighted by atomic mass is 32.1. The van der Waals surface area contributed by atoms with Crippen molar-refractivity contribution < 1.29 is 23.2 Å². The zero-order chi connectivity index (χ0) is 20.3. The third kappa shape index (κ3) is 4.46. The maximum Gasteiger partial charge on any atom is 0.269 e. The van der Waals surface area contributed by atoms with E-state index in [1.165, 1.54) is 37.3 Å². The first kappa shape index (κ1) is 19.4. The standard InChI is InChI=1S/C18H13F2N3O4S/c1-10(27-13-5-3-12(4-6-13)23(25)26)17(24)22-18-21-16(9-28-18)11-2-7-14(19)15(20)8-11/h2-10H,1H3,(H,21,22,24)/t10-/m0/s1. The van der Waals surface area contributed by atoms with Crippen LogP contribution in [0.3, 0.4) is 0 Å². The van der Waals surface area contributed by atoms with E-state index in [-0.39, 0.29) is 10.8 Å². The highest BCUT2D eigenvalue weighted by molar-refractivity contribution is 7.14. The molecule has 0 aliphatic heterocycles. The molecule has 0 aliphatic carbocycles. The van der Waals surface area contributed by atoms with E-state index in [4.69, 9.17) is 4.74 Å². The maximum atomic E-state index is 13.3. The van der Waals surface area contributed by atoms with Crippen molar-refractivity contribution >= 4 is 28.1 Å². The number of nitrogens with zero attached hydrogens (tertiary/aromatic N) is 2. The Morgan fingerprint density at radius 3 is 2.57 bits per heavy atom. The lowest BCUT2D eigenvalue weighted by Gasteiger charge is -2.13. The third-order valence-corrected chi connectivity index (χ3v) is 4.44. The predicted octanol–water partition coefficient (Wildman–Crippen LogP) is 4.40. The van der Waals surface area contributed by atoms with Crippen molar-refractivity contribution in [3.05, 3.63) is 69.6 Å². The average molecular weight is 405 g/mol. The number of halogens is 2. The molecule has 0 aliphatic rings. The summed E-state index contributed by atoms with van der Waals surface area (Å²) in [5, 5.41) is 15.1. The number of carbonyl (C=O) groups is 1. The van der Waals surface area contributed by atoms with Gasteiger partial charge in [-0.15, -0.1) is 11.3 Å². The fraction of sp³-hybridized carbons (Fsp3) is 0.111. The lowest BCUT2D eigenvalue weighted by atomic mass is 10.2. The van der Waals surface area contributed by atoms with Crippen LogP contribution in [0.1, 0.15) is 6.92 Å². The minimum atomic E-state index is -0.985. The molecule has 3 aromatic rings. The van der Waals surface area contributed by atoms with E-state index < -0.39 is 28.6 Å². The predicted molar refractivity (Wildman–Crippen MR) is 99.3 cm³/mol. The Hall–Kier alpha value is -3.40. The quantitative estimate of drug-likeness (QED) is 0.484. The van der Waals surface area contributed by atoms with Crippen LogP contribution < -0.4 is 10.1 Å². The summed E-state index contributed by atoms with van der Waals surface area (Å²) in [5.41, 5.74) is 0.686. The number of hydrogen-bond acceptors (Lipinski definition) is 6. The van der Waals surface area contributed by atoms with Crippen LogP contribution >= 0.6 is 11.3 Å². The van der Waals surface area contributed by atoms with Gasteiger partial charge in [0.1, 0.15) is 5.75 Å². The van der Waals surface area contributed by atoms with Crippen molar-refractivity contribution in [3.8, 4) is 17.0 Å². The zero-order valence-electron chi connectivity index (χ0n) is 14.4. The Bertz CT molecular complexity index is 1020. The average Bonchev–Trinajstić information content (AvgIpc) is 3.12. The number of non-ortho nitro benzene ring substituents is 1. The first-order valence-corrected chi connectivity index (χ1v) is 8.84. The normalized spacial score (nSPS) is 11.7. The van der Waals surface area contributed by atoms with Crippen LogP contribution in [0.15, 0.2) is 47.8 Å². The van der Waals surface area contributed by atoms with E-state index in [0.717, 1.165) is 23.5 Å². The molecule has 144 valence electrons. The van der Waals surface area contributed by atoms with E-state index >= 15 is 0 Å². The van der Waals surface area contributed by atoms with Gasteiger partial charge in [0.2, 0.25) is 0 Å². The first-order valence-electron chi connectivity index (χ1n) is 7.96. The van der Waals surface area contributed by atoms with Crippen LogP contribution in [0.2, 0.25) is 0 Å². The fourth-order valence-corrected chi connectivity index (χ4v) is 2.95. The molecular weight excluding hydrogens is 392 g/mol. The van der Waals surface area contributed by atoms with Gasteiger partial charge in [0.25, 0.3) is 11.6 Å². The number of ether oxygens (including phenoxy) is 1. The molecule has 10 heteroatoms. The lowest BCUT2D eigenvalue weighted by Crippen LogP contribution is -2.30. The van der Waals surface area contributed by atoms with Crippen molar-refractivity contribution in [2.75, 3.05) is 5.32 Å². The maximum absolute atomic E-state index is 13.3. The number of nitrogens with one attached hydrogen (secondary N) is 1. The summed E-state index contributed by atoms with van der Waals surface area (Å²) in [6.07, 6.45) is -0.892. The smallest absolute Gasteiger partial charge is 0.269 e. The minimum Gasteiger partial charge on any atom is -0.481 e. The van der Waals surface area contributed by atoms with Gasteiger partial charge >= 0.3 is 0 Å². The summed E-state index contributed by atoms with van der Waals surface area (Å²) in [7, 11) is 0. The van der Waals surface area contributed by atoms with Crippen LogP contribution in [-0.4, -0.2) is 21.9 Å². The van der Waals surface area contributed by atoms with Crippen molar-refractivity contribution in [2.24, 2.45) is 0 Å². The molecule has 0 spiro atoms. The number of amides is 1. The Morgan fingerprint density at radius 1 is 1.21 bits per heavy atom. The van der Waals surface area contributed by atoms with Crippen LogP contribution in [0.4, 0.5) is 19.6 Å². The van der Waals surface area contributed by atoms with E-state index in [2.05, 4.69) is 10.3 Å². The van der Waals surface area contributed by atoms with Gasteiger partial charge in [0.15, 0.2) is 22.9 Å². The summed E-state index contributed by atoms with van der Waals surface area (Å²) in [6.45, 7) is 1.51. The molecule has 2 aromatic carbocycles. The second kappa shape index (κ2) is 8.09. The molecule has 0 bridgehead atoms. The zero-order valence-corrected chi connectivity index (χ0v) is 15.2. The summed E-state index contributed by atoms with van der Waals surface area (Å²) in [6, 6.07) is 8.75. The molecule has 28 heavy (non-hydrogen) atoms. The first-order chi connectivity index (χ1) is 13.3. The van der Waals surface area contributed by atoms with Gasteiger partial charge in [-0.05, 0) is 37.3 Å². The Morgan fingerprint density at radius 2 is 1.93 bits per heavy atom. The number of rotatable bonds is 6. The molecule has 3 rings (SSSR count). The Balaban J connectivity index is 1.63. The number of nitro groups is 1. The molecule has 1 heterocycles. The van der Waals surface area contributed by atoms with Crippen molar-refractivity contribution in [1.82, 2.24) is 4.98 Å². The number of carbonyl (C=O) groups excluding carboxylic acids is 1. The number of anilines is 1. The molecular formula is C18H13F2N3O4S. The molecule has 1 aromatic heterocycles. The number of benzene rings is 2. The second-order valence-electron chi connectivity index (χ2n) is 5.67. The molecule has 0 unspecified atom stereocenters. The van der Waals surface area contributed by atoms with Gasteiger partial charge in [0.05, 0.1) is 10.6 Å². The highest BCUT2D eigenvalue weighted by Gasteiger charge is 2.17. The van der Waals surface area contributed by atoms with Crippen LogP contribution in [0, 0.1) is 21.7 Å². The van der Waals surface area contributed by atoms with Crippen LogP contribution in [0.25, 0.3) is 11.3 Å². The van der Waals surface area contributed by atoms with Gasteiger partial charge in [-0.3, -0.25) is 20.2 Å². The number of aromatic nitrogens is 1. The molecule has 1 N–H and O–H groups in total. The molecule has 0 fully saturated rings. The van der Waals surface area contributed by atoms with Crippen LogP contribution in [0.5, 0.6) is 5.75 Å². The van der Waals surface area contributed by atoms with E-state index in [1.807, 2.05) is 0 Å². The molecule has 7 nitrogen and oxygen atoms in total. The summed E-state index contributed by atoms with van der Waals surface area (Å²) in [4.78, 5) is 26.5. The fourth-order valence-electron chi connectivity index (χ4n) is 2.23. The lowest BCUT2D eigenvalue weighted by molar-refractivity contribution is -0.384. The third-order valence-electron chi connectivity index (χ3n) is 3.68. The minimum absolute atomic E-state index is 0.0861. The summed E-state index contributed by atoms with van der Waals surface area (Å²) in [5.74, 6) is -2.12. The van der Waals surface area contributed by atoms with Gasteiger partial charge in [0, 0.05) is 23.1 Å². The molecule has 0 saturated heterocycles. The largest absolute Gasteiger partial charge is 0.481 e. The topological polar surface area (TPSA) is 94.4 Å². The number of nitro benzene ring substituents is 1. The van der Waals surface area contributed by atoms with Gasteiger partial charge in [-0.25, -0.2) is 13.8 Å². The van der Waals surface area contributed by atoms with Gasteiger partial charge in [-0.2, -0.15) is 0 Å². The summed E-state index contributed by atoms with van der Waals surface area (Å²) < 4.78 is 31.8. The number of hydrogen-bond donors (Lipinski definition) is 1. The Kier molecular flexibility index (Phi) is 5.59. The van der Waals surface area contributed by atoms with Crippen LogP contribution in [-0.2, 0) is 4.79 Å². The molecule has 1 atom stereocenters. The van der Waals surface area contributed by atoms with Crippen molar-refractivity contribution in [2.45, 2.75) is 13.0 Å². The number of thiazole rings is 1. The van der Waals surface area contributed by atoms with Crippen molar-refractivity contribution in [1.29, 1.82) is 0 Å². The van der Waals surface area contributed by atoms with Gasteiger partial charge < -0.3 is 4.74 Å². The second-order valence-corrected chi connectivity index (χ2v) is 6.53. The summed E-state index contributed by atoms with van der Waals surface area (Å²) >= 11 is 1.12. The molecule has 0 radical (unpaired) electrons. The van der Waals surface area contributed by atoms with Crippen molar-refractivity contribution in [3.63, 3.8) is 0 Å². The van der Waals surface area contributed by atoms with E-state index in [0.29, 0.717) is 17.0 Å². The Labute approximate surface area is 161 Å². The molecule has 0 saturated carbocycles. The monoisotopic (exact) mass is 405 g/mol. The SMILES string of the molecule is C[C@H](Oc1ccc([N+](=O)[O-])cc1)C(=O)Nc1nc(-c2ccc(F)c(F)c2)cs1. The van der Waals surface area contributed by atoms with Gasteiger partial charge in [-0.1, -0.05) is 0 Å². The molecule has 1 amide bonds. The highest BCUT2D eigenvalue weighted by Crippen LogP contribution is 2.26. The van der Waals surface area contributed by atoms with E-state index in [9.17, 15) is 23.7 Å². The van der Waals surface area contributed by atoms with E-state index in [1.54, 1.807) is 5.38 Å².